The molecule has 6 heteroatoms. The Balaban J connectivity index is 2.93. The highest BCUT2D eigenvalue weighted by Crippen LogP contribution is 2.28. The Morgan fingerprint density at radius 3 is 2.50 bits per heavy atom. The van der Waals surface area contributed by atoms with Gasteiger partial charge in [-0.3, -0.25) is 0 Å². The van der Waals surface area contributed by atoms with Crippen LogP contribution in [0.2, 0.25) is 0 Å². The molecule has 0 heterocycles. The molecule has 0 amide bonds. The number of hydrogen-bond acceptors (Lipinski definition) is 3. The molecule has 0 unspecified atom stereocenters. The van der Waals surface area contributed by atoms with E-state index >= 15 is 0 Å². The van der Waals surface area contributed by atoms with Crippen molar-refractivity contribution < 1.29 is 22.6 Å². The van der Waals surface area contributed by atoms with Crippen molar-refractivity contribution in [3.63, 3.8) is 0 Å². The van der Waals surface area contributed by atoms with Gasteiger partial charge in [-0.05, 0) is 25.2 Å². The molecule has 90 valence electrons. The molecule has 1 rings (SSSR count). The number of alkyl halides is 3. The molecule has 0 atom stereocenters. The van der Waals surface area contributed by atoms with Gasteiger partial charge < -0.3 is 14.8 Å². The average Bonchev–Trinajstić information content (AvgIpc) is 2.16. The van der Waals surface area contributed by atoms with E-state index in [2.05, 4.69) is 10.1 Å². The van der Waals surface area contributed by atoms with Gasteiger partial charge in [0.15, 0.2) is 0 Å². The standard InChI is InChI=1S/C10H12F3NO2/c1-14-6-7-5-8(16-10(11,12)13)3-4-9(7)15-2/h3-5,14H,6H2,1-2H3. The minimum absolute atomic E-state index is 0.251. The molecule has 0 radical (unpaired) electrons. The second-order valence-corrected chi connectivity index (χ2v) is 3.05. The van der Waals surface area contributed by atoms with Crippen molar-refractivity contribution >= 4 is 0 Å². The topological polar surface area (TPSA) is 30.5 Å². The van der Waals surface area contributed by atoms with E-state index in [0.717, 1.165) is 0 Å². The van der Waals surface area contributed by atoms with Gasteiger partial charge in [0.2, 0.25) is 0 Å². The molecule has 0 bridgehead atoms. The van der Waals surface area contributed by atoms with E-state index in [9.17, 15) is 13.2 Å². The van der Waals surface area contributed by atoms with E-state index < -0.39 is 6.36 Å². The molecule has 0 saturated carbocycles. The molecule has 0 aliphatic heterocycles. The van der Waals surface area contributed by atoms with Crippen LogP contribution in [-0.2, 0) is 6.54 Å². The minimum Gasteiger partial charge on any atom is -0.496 e. The van der Waals surface area contributed by atoms with E-state index in [0.29, 0.717) is 17.9 Å². The Hall–Kier alpha value is -1.43. The maximum Gasteiger partial charge on any atom is 0.573 e. The van der Waals surface area contributed by atoms with Crippen LogP contribution >= 0.6 is 0 Å². The monoisotopic (exact) mass is 235 g/mol. The lowest BCUT2D eigenvalue weighted by Gasteiger charge is -2.12. The second kappa shape index (κ2) is 5.07. The van der Waals surface area contributed by atoms with E-state index in [1.165, 1.54) is 25.3 Å². The highest BCUT2D eigenvalue weighted by molar-refractivity contribution is 5.40. The quantitative estimate of drug-likeness (QED) is 0.868. The van der Waals surface area contributed by atoms with Crippen molar-refractivity contribution in [2.75, 3.05) is 14.2 Å². The summed E-state index contributed by atoms with van der Waals surface area (Å²) in [6.45, 7) is 0.401. The summed E-state index contributed by atoms with van der Waals surface area (Å²) in [6, 6.07) is 3.95. The fourth-order valence-electron chi connectivity index (χ4n) is 1.28. The summed E-state index contributed by atoms with van der Waals surface area (Å²) in [7, 11) is 3.15. The van der Waals surface area contributed by atoms with Gasteiger partial charge in [-0.15, -0.1) is 13.2 Å². The molecule has 1 aromatic carbocycles. The maximum absolute atomic E-state index is 12.0. The third-order valence-corrected chi connectivity index (χ3v) is 1.85. The first-order valence-corrected chi connectivity index (χ1v) is 4.53. The molecule has 0 aliphatic rings. The number of rotatable bonds is 4. The average molecular weight is 235 g/mol. The molecule has 16 heavy (non-hydrogen) atoms. The van der Waals surface area contributed by atoms with Crippen LogP contribution in [0.15, 0.2) is 18.2 Å². The highest BCUT2D eigenvalue weighted by Gasteiger charge is 2.31. The Labute approximate surface area is 91.2 Å². The number of methoxy groups -OCH3 is 1. The fourth-order valence-corrected chi connectivity index (χ4v) is 1.28. The Kier molecular flexibility index (Phi) is 4.00. The van der Waals surface area contributed by atoms with Gasteiger partial charge >= 0.3 is 6.36 Å². The normalized spacial score (nSPS) is 11.3. The van der Waals surface area contributed by atoms with Crippen molar-refractivity contribution in [3.05, 3.63) is 23.8 Å². The van der Waals surface area contributed by atoms with E-state index in [-0.39, 0.29) is 5.75 Å². The van der Waals surface area contributed by atoms with Crippen molar-refractivity contribution in [1.82, 2.24) is 5.32 Å². The predicted molar refractivity (Wildman–Crippen MR) is 52.4 cm³/mol. The smallest absolute Gasteiger partial charge is 0.496 e. The van der Waals surface area contributed by atoms with Crippen molar-refractivity contribution in [2.24, 2.45) is 0 Å². The van der Waals surface area contributed by atoms with E-state index in [1.54, 1.807) is 7.05 Å². The number of ether oxygens (including phenoxy) is 2. The minimum atomic E-state index is -4.68. The lowest BCUT2D eigenvalue weighted by atomic mass is 10.2. The molecule has 0 aliphatic carbocycles. The molecule has 1 aromatic rings. The SMILES string of the molecule is CNCc1cc(OC(F)(F)F)ccc1OC. The van der Waals surface area contributed by atoms with Crippen LogP contribution in [-0.4, -0.2) is 20.5 Å². The lowest BCUT2D eigenvalue weighted by molar-refractivity contribution is -0.274. The molecule has 0 saturated heterocycles. The first-order chi connectivity index (χ1) is 7.46. The largest absolute Gasteiger partial charge is 0.573 e. The molecule has 1 N–H and O–H groups in total. The van der Waals surface area contributed by atoms with Gasteiger partial charge in [-0.25, -0.2) is 0 Å². The third kappa shape index (κ3) is 3.62. The van der Waals surface area contributed by atoms with E-state index in [1.807, 2.05) is 0 Å². The summed E-state index contributed by atoms with van der Waals surface area (Å²) in [6.07, 6.45) is -4.68. The summed E-state index contributed by atoms with van der Waals surface area (Å²) in [5, 5.41) is 2.83. The maximum atomic E-state index is 12.0. The van der Waals surface area contributed by atoms with Crippen molar-refractivity contribution in [3.8, 4) is 11.5 Å². The number of nitrogens with one attached hydrogen (secondary N) is 1. The zero-order chi connectivity index (χ0) is 12.2. The Morgan fingerprint density at radius 1 is 1.31 bits per heavy atom. The van der Waals surface area contributed by atoms with Crippen LogP contribution in [0.1, 0.15) is 5.56 Å². The van der Waals surface area contributed by atoms with Crippen LogP contribution < -0.4 is 14.8 Å². The van der Waals surface area contributed by atoms with Crippen LogP contribution in [0.3, 0.4) is 0 Å². The summed E-state index contributed by atoms with van der Waals surface area (Å²) in [5.74, 6) is 0.266. The molecule has 0 aromatic heterocycles. The van der Waals surface area contributed by atoms with Gasteiger partial charge in [-0.2, -0.15) is 0 Å². The van der Waals surface area contributed by atoms with Gasteiger partial charge in [-0.1, -0.05) is 0 Å². The van der Waals surface area contributed by atoms with Gasteiger partial charge in [0.05, 0.1) is 7.11 Å². The van der Waals surface area contributed by atoms with Gasteiger partial charge in [0.25, 0.3) is 0 Å². The molecule has 3 nitrogen and oxygen atoms in total. The van der Waals surface area contributed by atoms with Crippen LogP contribution in [0.25, 0.3) is 0 Å². The molecule has 0 spiro atoms. The molecular weight excluding hydrogens is 223 g/mol. The molecule has 0 fully saturated rings. The number of hydrogen-bond donors (Lipinski definition) is 1. The first kappa shape index (κ1) is 12.6. The van der Waals surface area contributed by atoms with Gasteiger partial charge in [0, 0.05) is 12.1 Å². The number of benzene rings is 1. The fraction of sp³-hybridized carbons (Fsp3) is 0.400. The zero-order valence-corrected chi connectivity index (χ0v) is 8.89. The second-order valence-electron chi connectivity index (χ2n) is 3.05. The highest BCUT2D eigenvalue weighted by atomic mass is 19.4. The number of halogens is 3. The van der Waals surface area contributed by atoms with Crippen LogP contribution in [0.4, 0.5) is 13.2 Å². The first-order valence-electron chi connectivity index (χ1n) is 4.53. The summed E-state index contributed by atoms with van der Waals surface area (Å²) < 4.78 is 44.7. The Morgan fingerprint density at radius 2 is 2.00 bits per heavy atom. The lowest BCUT2D eigenvalue weighted by Crippen LogP contribution is -2.17. The van der Waals surface area contributed by atoms with Crippen molar-refractivity contribution in [1.29, 1.82) is 0 Å². The van der Waals surface area contributed by atoms with E-state index in [4.69, 9.17) is 4.74 Å². The third-order valence-electron chi connectivity index (χ3n) is 1.85. The van der Waals surface area contributed by atoms with Crippen LogP contribution in [0.5, 0.6) is 11.5 Å². The summed E-state index contributed by atoms with van der Waals surface area (Å²) >= 11 is 0. The zero-order valence-electron chi connectivity index (χ0n) is 8.89. The van der Waals surface area contributed by atoms with Crippen molar-refractivity contribution in [2.45, 2.75) is 12.9 Å². The van der Waals surface area contributed by atoms with Gasteiger partial charge in [0.1, 0.15) is 11.5 Å². The van der Waals surface area contributed by atoms with Crippen LogP contribution in [0, 0.1) is 0 Å². The Bertz CT molecular complexity index is 352. The molecular formula is C10H12F3NO2. The predicted octanol–water partition coefficient (Wildman–Crippen LogP) is 2.31. The summed E-state index contributed by atoms with van der Waals surface area (Å²) in [5.41, 5.74) is 0.603. The summed E-state index contributed by atoms with van der Waals surface area (Å²) in [4.78, 5) is 0.